The second kappa shape index (κ2) is 6.85. The van der Waals surface area contributed by atoms with Gasteiger partial charge in [-0.05, 0) is 5.92 Å². The van der Waals surface area contributed by atoms with E-state index in [0.717, 1.165) is 12.8 Å². The summed E-state index contributed by atoms with van der Waals surface area (Å²) >= 11 is 0. The summed E-state index contributed by atoms with van der Waals surface area (Å²) in [6.07, 6.45) is 5.91. The summed E-state index contributed by atoms with van der Waals surface area (Å²) in [6.45, 7) is 0.167. The molecule has 1 atom stereocenters. The fourth-order valence-corrected chi connectivity index (χ4v) is 2.28. The molecule has 0 aromatic heterocycles. The van der Waals surface area contributed by atoms with E-state index < -0.39 is 0 Å². The monoisotopic (exact) mass is 213 g/mol. The van der Waals surface area contributed by atoms with Gasteiger partial charge in [0.2, 0.25) is 0 Å². The molecule has 1 rings (SSSR count). The molecular weight excluding hydrogens is 193 g/mol. The van der Waals surface area contributed by atoms with E-state index in [2.05, 4.69) is 0 Å². The first-order valence-electron chi connectivity index (χ1n) is 5.65. The zero-order valence-electron chi connectivity index (χ0n) is 9.41. The van der Waals surface area contributed by atoms with Gasteiger partial charge in [0, 0.05) is 0 Å². The van der Waals surface area contributed by atoms with Crippen molar-refractivity contribution in [1.29, 1.82) is 0 Å². The Balaban J connectivity index is 2.49. The van der Waals surface area contributed by atoms with E-state index >= 15 is 0 Å². The SMILES string of the molecule is COC(=O)C(BOCN)C1CCCCC1. The number of ether oxygens (including phenoxy) is 1. The average molecular weight is 213 g/mol. The number of methoxy groups -OCH3 is 1. The van der Waals surface area contributed by atoms with Crippen molar-refractivity contribution in [1.82, 2.24) is 0 Å². The Kier molecular flexibility index (Phi) is 5.72. The van der Waals surface area contributed by atoms with Crippen LogP contribution in [0.5, 0.6) is 0 Å². The molecule has 1 saturated carbocycles. The molecule has 1 aliphatic rings. The largest absolute Gasteiger partial charge is 0.469 e. The van der Waals surface area contributed by atoms with Gasteiger partial charge in [-0.15, -0.1) is 0 Å². The minimum atomic E-state index is -0.157. The van der Waals surface area contributed by atoms with Gasteiger partial charge in [-0.25, -0.2) is 0 Å². The second-order valence-corrected chi connectivity index (χ2v) is 4.07. The second-order valence-electron chi connectivity index (χ2n) is 4.07. The highest BCUT2D eigenvalue weighted by Gasteiger charge is 2.31. The minimum absolute atomic E-state index is 0.126. The van der Waals surface area contributed by atoms with Crippen LogP contribution in [0.25, 0.3) is 0 Å². The number of carbonyl (C=O) groups is 1. The lowest BCUT2D eigenvalue weighted by atomic mass is 9.66. The van der Waals surface area contributed by atoms with Gasteiger partial charge in [-0.1, -0.05) is 32.1 Å². The average Bonchev–Trinajstić information content (AvgIpc) is 2.30. The number of hydrogen-bond acceptors (Lipinski definition) is 4. The highest BCUT2D eigenvalue weighted by atomic mass is 16.5. The fraction of sp³-hybridized carbons (Fsp3) is 0.900. The maximum atomic E-state index is 11.6. The third-order valence-corrected chi connectivity index (χ3v) is 3.14. The van der Waals surface area contributed by atoms with Crippen molar-refractivity contribution >= 4 is 13.5 Å². The molecule has 15 heavy (non-hydrogen) atoms. The third kappa shape index (κ3) is 3.84. The lowest BCUT2D eigenvalue weighted by Crippen LogP contribution is -2.29. The van der Waals surface area contributed by atoms with Crippen molar-refractivity contribution in [2.75, 3.05) is 13.8 Å². The van der Waals surface area contributed by atoms with Gasteiger partial charge < -0.3 is 15.1 Å². The molecule has 1 aliphatic carbocycles. The molecular formula is C10H20BNO3. The van der Waals surface area contributed by atoms with Crippen LogP contribution < -0.4 is 5.73 Å². The van der Waals surface area contributed by atoms with Crippen LogP contribution in [0.3, 0.4) is 0 Å². The van der Waals surface area contributed by atoms with Crippen LogP contribution in [0, 0.1) is 5.92 Å². The predicted molar refractivity (Wildman–Crippen MR) is 59.6 cm³/mol. The van der Waals surface area contributed by atoms with E-state index in [1.807, 2.05) is 0 Å². The van der Waals surface area contributed by atoms with Crippen molar-refractivity contribution in [2.24, 2.45) is 11.7 Å². The molecule has 0 spiro atoms. The Morgan fingerprint density at radius 2 is 2.13 bits per heavy atom. The quantitative estimate of drug-likeness (QED) is 0.417. The highest BCUT2D eigenvalue weighted by Crippen LogP contribution is 2.33. The maximum Gasteiger partial charge on any atom is 0.303 e. The molecule has 1 fully saturated rings. The first kappa shape index (κ1) is 12.5. The zero-order valence-corrected chi connectivity index (χ0v) is 9.41. The van der Waals surface area contributed by atoms with Crippen LogP contribution >= 0.6 is 0 Å². The molecule has 0 aromatic carbocycles. The molecule has 0 aromatic rings. The van der Waals surface area contributed by atoms with Crippen LogP contribution in [0.2, 0.25) is 5.82 Å². The molecule has 86 valence electrons. The van der Waals surface area contributed by atoms with Crippen molar-refractivity contribution in [2.45, 2.75) is 37.9 Å². The van der Waals surface area contributed by atoms with Crippen molar-refractivity contribution < 1.29 is 14.2 Å². The lowest BCUT2D eigenvalue weighted by Gasteiger charge is -2.27. The topological polar surface area (TPSA) is 61.5 Å². The van der Waals surface area contributed by atoms with Crippen LogP contribution in [0.4, 0.5) is 0 Å². The molecule has 4 nitrogen and oxygen atoms in total. The number of nitrogens with two attached hydrogens (primary N) is 1. The van der Waals surface area contributed by atoms with Gasteiger partial charge in [-0.2, -0.15) is 0 Å². The number of hydrogen-bond donors (Lipinski definition) is 1. The molecule has 0 amide bonds. The molecule has 0 radical (unpaired) electrons. The summed E-state index contributed by atoms with van der Waals surface area (Å²) in [5.74, 6) is 0.131. The van der Waals surface area contributed by atoms with Crippen molar-refractivity contribution in [3.8, 4) is 0 Å². The highest BCUT2D eigenvalue weighted by molar-refractivity contribution is 6.37. The molecule has 1 unspecified atom stereocenters. The zero-order chi connectivity index (χ0) is 11.1. The Morgan fingerprint density at radius 3 is 2.67 bits per heavy atom. The Morgan fingerprint density at radius 1 is 1.47 bits per heavy atom. The minimum Gasteiger partial charge on any atom is -0.469 e. The van der Waals surface area contributed by atoms with Crippen LogP contribution in [-0.4, -0.2) is 27.3 Å². The van der Waals surface area contributed by atoms with E-state index in [1.165, 1.54) is 26.4 Å². The van der Waals surface area contributed by atoms with Crippen LogP contribution in [-0.2, 0) is 14.2 Å². The summed E-state index contributed by atoms with van der Waals surface area (Å²) in [6, 6.07) is 0. The number of carbonyl (C=O) groups excluding carboxylic acids is 1. The molecule has 0 bridgehead atoms. The molecule has 2 N–H and O–H groups in total. The summed E-state index contributed by atoms with van der Waals surface area (Å²) in [5, 5.41) is 0. The van der Waals surface area contributed by atoms with E-state index in [4.69, 9.17) is 15.1 Å². The number of esters is 1. The van der Waals surface area contributed by atoms with Crippen LogP contribution in [0.15, 0.2) is 0 Å². The summed E-state index contributed by atoms with van der Waals surface area (Å²) in [4.78, 5) is 11.6. The maximum absolute atomic E-state index is 11.6. The summed E-state index contributed by atoms with van der Waals surface area (Å²) < 4.78 is 9.95. The van der Waals surface area contributed by atoms with E-state index in [0.29, 0.717) is 13.4 Å². The third-order valence-electron chi connectivity index (χ3n) is 3.14. The fourth-order valence-electron chi connectivity index (χ4n) is 2.28. The van der Waals surface area contributed by atoms with Gasteiger partial charge in [0.05, 0.1) is 19.7 Å². The molecule has 0 aliphatic heterocycles. The molecule has 0 heterocycles. The predicted octanol–water partition coefficient (Wildman–Crippen LogP) is 0.812. The van der Waals surface area contributed by atoms with Gasteiger partial charge in [-0.3, -0.25) is 4.79 Å². The van der Waals surface area contributed by atoms with Crippen LogP contribution in [0.1, 0.15) is 32.1 Å². The van der Waals surface area contributed by atoms with Gasteiger partial charge >= 0.3 is 5.97 Å². The van der Waals surface area contributed by atoms with Gasteiger partial charge in [0.1, 0.15) is 0 Å². The molecule has 0 saturated heterocycles. The summed E-state index contributed by atoms with van der Waals surface area (Å²) in [7, 11) is 1.83. The van der Waals surface area contributed by atoms with Gasteiger partial charge in [0.25, 0.3) is 7.48 Å². The van der Waals surface area contributed by atoms with E-state index in [-0.39, 0.29) is 18.5 Å². The standard InChI is InChI=1S/C10H20BNO3/c1-14-10(13)9(11-15-7-12)8-5-3-2-4-6-8/h8-9,11H,2-7,12H2,1H3. The Bertz CT molecular complexity index is 195. The number of rotatable bonds is 5. The molecule has 5 heteroatoms. The Labute approximate surface area is 91.8 Å². The Hall–Kier alpha value is -0.545. The summed E-state index contributed by atoms with van der Waals surface area (Å²) in [5.41, 5.74) is 5.27. The van der Waals surface area contributed by atoms with Crippen molar-refractivity contribution in [3.05, 3.63) is 0 Å². The first-order chi connectivity index (χ1) is 7.29. The van der Waals surface area contributed by atoms with Gasteiger partial charge in [0.15, 0.2) is 0 Å². The normalized spacial score (nSPS) is 19.6. The first-order valence-corrected chi connectivity index (χ1v) is 5.65. The van der Waals surface area contributed by atoms with E-state index in [9.17, 15) is 4.79 Å². The van der Waals surface area contributed by atoms with E-state index in [1.54, 1.807) is 0 Å². The smallest absolute Gasteiger partial charge is 0.303 e. The van der Waals surface area contributed by atoms with Crippen molar-refractivity contribution in [3.63, 3.8) is 0 Å². The lowest BCUT2D eigenvalue weighted by molar-refractivity contribution is -0.142.